The third-order valence-corrected chi connectivity index (χ3v) is 2.42. The van der Waals surface area contributed by atoms with Crippen LogP contribution in [0.5, 0.6) is 5.75 Å². The van der Waals surface area contributed by atoms with Gasteiger partial charge in [0.1, 0.15) is 12.4 Å². The van der Waals surface area contributed by atoms with Crippen molar-refractivity contribution in [3.8, 4) is 5.75 Å². The Kier molecular flexibility index (Phi) is 6.52. The largest absolute Gasteiger partial charge is 0.495 e. The second kappa shape index (κ2) is 8.16. The summed E-state index contributed by atoms with van der Waals surface area (Å²) in [6.45, 7) is 3.57. The molecule has 1 amide bonds. The van der Waals surface area contributed by atoms with Crippen LogP contribution < -0.4 is 10.1 Å². The summed E-state index contributed by atoms with van der Waals surface area (Å²) in [6, 6.07) is 5.40. The number of benzene rings is 1. The van der Waals surface area contributed by atoms with E-state index in [0.29, 0.717) is 18.0 Å². The summed E-state index contributed by atoms with van der Waals surface area (Å²) in [6.07, 6.45) is 0. The van der Waals surface area contributed by atoms with E-state index in [1.54, 1.807) is 19.1 Å². The van der Waals surface area contributed by atoms with Crippen molar-refractivity contribution in [3.05, 3.63) is 23.8 Å². The van der Waals surface area contributed by atoms with Crippen LogP contribution >= 0.6 is 0 Å². The van der Waals surface area contributed by atoms with E-state index in [1.165, 1.54) is 7.11 Å². The molecule has 0 aromatic heterocycles. The zero-order chi connectivity index (χ0) is 15.0. The molecule has 0 unspecified atom stereocenters. The van der Waals surface area contributed by atoms with E-state index in [9.17, 15) is 9.59 Å². The highest BCUT2D eigenvalue weighted by molar-refractivity contribution is 5.94. The Morgan fingerprint density at radius 2 is 2.00 bits per heavy atom. The summed E-state index contributed by atoms with van der Waals surface area (Å²) in [4.78, 5) is 22.9. The standard InChI is InChI=1S/C14H19NO5/c1-4-19-9-14(17)20-8-13(16)15-11-7-10(2)5-6-12(11)18-3/h5-7H,4,8-9H2,1-3H3,(H,15,16). The minimum Gasteiger partial charge on any atom is -0.495 e. The minimum absolute atomic E-state index is 0.155. The molecule has 6 nitrogen and oxygen atoms in total. The van der Waals surface area contributed by atoms with Crippen LogP contribution in [-0.4, -0.2) is 38.8 Å². The van der Waals surface area contributed by atoms with Crippen molar-refractivity contribution in [3.63, 3.8) is 0 Å². The molecule has 1 aromatic rings. The van der Waals surface area contributed by atoms with Gasteiger partial charge >= 0.3 is 5.97 Å². The van der Waals surface area contributed by atoms with Gasteiger partial charge in [0.25, 0.3) is 5.91 Å². The van der Waals surface area contributed by atoms with E-state index < -0.39 is 11.9 Å². The highest BCUT2D eigenvalue weighted by Gasteiger charge is 2.10. The van der Waals surface area contributed by atoms with Crippen LogP contribution in [0.3, 0.4) is 0 Å². The molecule has 0 bridgehead atoms. The SMILES string of the molecule is CCOCC(=O)OCC(=O)Nc1cc(C)ccc1OC. The number of carbonyl (C=O) groups excluding carboxylic acids is 2. The molecule has 0 fully saturated rings. The molecule has 6 heteroatoms. The number of methoxy groups -OCH3 is 1. The summed E-state index contributed by atoms with van der Waals surface area (Å²) in [5.74, 6) is -0.457. The lowest BCUT2D eigenvalue weighted by molar-refractivity contribution is -0.151. The summed E-state index contributed by atoms with van der Waals surface area (Å²) < 4.78 is 14.8. The van der Waals surface area contributed by atoms with Crippen LogP contribution in [0.4, 0.5) is 5.69 Å². The zero-order valence-corrected chi connectivity index (χ0v) is 11.9. The van der Waals surface area contributed by atoms with Crippen molar-refractivity contribution >= 4 is 17.6 Å². The molecule has 0 spiro atoms. The number of rotatable bonds is 7. The number of aryl methyl sites for hydroxylation is 1. The molecular weight excluding hydrogens is 262 g/mol. The number of hydrogen-bond donors (Lipinski definition) is 1. The molecule has 20 heavy (non-hydrogen) atoms. The molecule has 110 valence electrons. The lowest BCUT2D eigenvalue weighted by Crippen LogP contribution is -2.23. The van der Waals surface area contributed by atoms with Crippen LogP contribution in [0.15, 0.2) is 18.2 Å². The van der Waals surface area contributed by atoms with E-state index in [2.05, 4.69) is 5.32 Å². The monoisotopic (exact) mass is 281 g/mol. The first kappa shape index (κ1) is 16.0. The van der Waals surface area contributed by atoms with Gasteiger partial charge in [0.2, 0.25) is 0 Å². The van der Waals surface area contributed by atoms with Gasteiger partial charge < -0.3 is 19.5 Å². The lowest BCUT2D eigenvalue weighted by Gasteiger charge is -2.11. The normalized spacial score (nSPS) is 9.95. The Morgan fingerprint density at radius 3 is 2.65 bits per heavy atom. The molecule has 1 aromatic carbocycles. The maximum absolute atomic E-state index is 11.7. The molecular formula is C14H19NO5. The van der Waals surface area contributed by atoms with Crippen LogP contribution in [0.25, 0.3) is 0 Å². The van der Waals surface area contributed by atoms with Crippen molar-refractivity contribution < 1.29 is 23.8 Å². The smallest absolute Gasteiger partial charge is 0.332 e. The van der Waals surface area contributed by atoms with Crippen LogP contribution in [-0.2, 0) is 19.1 Å². The average Bonchev–Trinajstić information content (AvgIpc) is 2.43. The summed E-state index contributed by atoms with van der Waals surface area (Å²) in [7, 11) is 1.52. The van der Waals surface area contributed by atoms with Crippen molar-refractivity contribution in [1.29, 1.82) is 0 Å². The van der Waals surface area contributed by atoms with Gasteiger partial charge in [-0.1, -0.05) is 6.07 Å². The van der Waals surface area contributed by atoms with Crippen molar-refractivity contribution in [2.45, 2.75) is 13.8 Å². The van der Waals surface area contributed by atoms with E-state index in [0.717, 1.165) is 5.56 Å². The summed E-state index contributed by atoms with van der Waals surface area (Å²) in [5.41, 5.74) is 1.52. The third-order valence-electron chi connectivity index (χ3n) is 2.42. The highest BCUT2D eigenvalue weighted by atomic mass is 16.6. The van der Waals surface area contributed by atoms with Gasteiger partial charge in [-0.3, -0.25) is 4.79 Å². The Bertz CT molecular complexity index is 473. The quantitative estimate of drug-likeness (QED) is 0.767. The molecule has 0 saturated heterocycles. The number of ether oxygens (including phenoxy) is 3. The predicted molar refractivity (Wildman–Crippen MR) is 73.8 cm³/mol. The first-order valence-electron chi connectivity index (χ1n) is 6.24. The molecule has 0 heterocycles. The Labute approximate surface area is 118 Å². The van der Waals surface area contributed by atoms with Crippen LogP contribution in [0, 0.1) is 6.92 Å². The molecule has 0 saturated carbocycles. The van der Waals surface area contributed by atoms with Crippen molar-refractivity contribution in [2.75, 3.05) is 32.2 Å². The van der Waals surface area contributed by atoms with Crippen molar-refractivity contribution in [2.24, 2.45) is 0 Å². The Hall–Kier alpha value is -2.08. The number of hydrogen-bond acceptors (Lipinski definition) is 5. The number of amides is 1. The number of esters is 1. The van der Waals surface area contributed by atoms with E-state index >= 15 is 0 Å². The number of nitrogens with one attached hydrogen (secondary N) is 1. The number of carbonyl (C=O) groups is 2. The zero-order valence-electron chi connectivity index (χ0n) is 11.9. The third kappa shape index (κ3) is 5.27. The maximum Gasteiger partial charge on any atom is 0.332 e. The van der Waals surface area contributed by atoms with Gasteiger partial charge in [0, 0.05) is 6.61 Å². The lowest BCUT2D eigenvalue weighted by atomic mass is 10.2. The van der Waals surface area contributed by atoms with Gasteiger partial charge in [-0.25, -0.2) is 4.79 Å². The average molecular weight is 281 g/mol. The molecule has 0 atom stereocenters. The van der Waals surface area contributed by atoms with E-state index in [1.807, 2.05) is 13.0 Å². The minimum atomic E-state index is -0.571. The Balaban J connectivity index is 2.50. The van der Waals surface area contributed by atoms with Gasteiger partial charge in [-0.15, -0.1) is 0 Å². The fourth-order valence-electron chi connectivity index (χ4n) is 1.48. The molecule has 0 radical (unpaired) electrons. The molecule has 1 rings (SSSR count). The molecule has 0 aliphatic carbocycles. The fraction of sp³-hybridized carbons (Fsp3) is 0.429. The first-order valence-corrected chi connectivity index (χ1v) is 6.24. The van der Waals surface area contributed by atoms with Crippen LogP contribution in [0.2, 0.25) is 0 Å². The van der Waals surface area contributed by atoms with Gasteiger partial charge in [-0.05, 0) is 31.5 Å². The van der Waals surface area contributed by atoms with Gasteiger partial charge in [-0.2, -0.15) is 0 Å². The second-order valence-electron chi connectivity index (χ2n) is 4.05. The van der Waals surface area contributed by atoms with Crippen LogP contribution in [0.1, 0.15) is 12.5 Å². The fourth-order valence-corrected chi connectivity index (χ4v) is 1.48. The van der Waals surface area contributed by atoms with Gasteiger partial charge in [0.15, 0.2) is 6.61 Å². The van der Waals surface area contributed by atoms with Gasteiger partial charge in [0.05, 0.1) is 12.8 Å². The van der Waals surface area contributed by atoms with E-state index in [4.69, 9.17) is 14.2 Å². The predicted octanol–water partition coefficient (Wildman–Crippen LogP) is 1.52. The van der Waals surface area contributed by atoms with Crippen molar-refractivity contribution in [1.82, 2.24) is 0 Å². The summed E-state index contributed by atoms with van der Waals surface area (Å²) >= 11 is 0. The second-order valence-corrected chi connectivity index (χ2v) is 4.05. The first-order chi connectivity index (χ1) is 9.56. The Morgan fingerprint density at radius 1 is 1.25 bits per heavy atom. The molecule has 0 aliphatic heterocycles. The topological polar surface area (TPSA) is 73.9 Å². The molecule has 0 aliphatic rings. The van der Waals surface area contributed by atoms with E-state index in [-0.39, 0.29) is 13.2 Å². The molecule has 1 N–H and O–H groups in total. The maximum atomic E-state index is 11.7. The summed E-state index contributed by atoms with van der Waals surface area (Å²) in [5, 5.41) is 2.63. The highest BCUT2D eigenvalue weighted by Crippen LogP contribution is 2.24. The number of anilines is 1.